The summed E-state index contributed by atoms with van der Waals surface area (Å²) < 4.78 is 4.82. The van der Waals surface area contributed by atoms with E-state index in [0.29, 0.717) is 23.3 Å². The van der Waals surface area contributed by atoms with Crippen LogP contribution in [0.2, 0.25) is 0 Å². The number of nitrogens with one attached hydrogen (secondary N) is 2. The van der Waals surface area contributed by atoms with Crippen molar-refractivity contribution in [2.45, 2.75) is 11.3 Å². The summed E-state index contributed by atoms with van der Waals surface area (Å²) in [5.74, 6) is 6.42. The van der Waals surface area contributed by atoms with Gasteiger partial charge in [-0.05, 0) is 6.26 Å². The van der Waals surface area contributed by atoms with E-state index in [0.717, 1.165) is 0 Å². The number of aliphatic hydroxyl groups excluding tert-OH is 1. The number of thioether (sulfide) groups is 1. The van der Waals surface area contributed by atoms with Gasteiger partial charge in [0.15, 0.2) is 5.16 Å². The molecular formula is C9H17N5O2S. The lowest BCUT2D eigenvalue weighted by atomic mass is 10.4. The Balaban J connectivity index is 2.63. The van der Waals surface area contributed by atoms with E-state index in [4.69, 9.17) is 10.6 Å². The highest BCUT2D eigenvalue weighted by atomic mass is 32.2. The van der Waals surface area contributed by atoms with Gasteiger partial charge < -0.3 is 20.6 Å². The number of nitrogens with zero attached hydrogens (tertiary/aromatic N) is 2. The summed E-state index contributed by atoms with van der Waals surface area (Å²) in [6, 6.07) is 1.67. The maximum atomic E-state index is 9.49. The van der Waals surface area contributed by atoms with Gasteiger partial charge in [0.1, 0.15) is 11.6 Å². The molecule has 0 spiro atoms. The molecule has 1 atom stereocenters. The van der Waals surface area contributed by atoms with Crippen LogP contribution in [-0.2, 0) is 4.74 Å². The molecule has 96 valence electrons. The molecule has 0 saturated carbocycles. The number of hydrogen-bond donors (Lipinski definition) is 4. The van der Waals surface area contributed by atoms with E-state index >= 15 is 0 Å². The first-order valence-electron chi connectivity index (χ1n) is 5.00. The van der Waals surface area contributed by atoms with Gasteiger partial charge in [-0.2, -0.15) is 0 Å². The molecule has 0 aliphatic heterocycles. The van der Waals surface area contributed by atoms with Gasteiger partial charge in [-0.15, -0.1) is 0 Å². The monoisotopic (exact) mass is 259 g/mol. The molecule has 0 bridgehead atoms. The van der Waals surface area contributed by atoms with E-state index in [1.54, 1.807) is 6.07 Å². The molecule has 5 N–H and O–H groups in total. The quantitative estimate of drug-likeness (QED) is 0.233. The molecule has 17 heavy (non-hydrogen) atoms. The van der Waals surface area contributed by atoms with Crippen molar-refractivity contribution < 1.29 is 9.84 Å². The van der Waals surface area contributed by atoms with E-state index in [1.165, 1.54) is 18.9 Å². The fraction of sp³-hybridized carbons (Fsp3) is 0.556. The van der Waals surface area contributed by atoms with Gasteiger partial charge in [-0.25, -0.2) is 15.8 Å². The van der Waals surface area contributed by atoms with Gasteiger partial charge in [0.25, 0.3) is 0 Å². The summed E-state index contributed by atoms with van der Waals surface area (Å²) in [5, 5.41) is 13.1. The van der Waals surface area contributed by atoms with E-state index in [2.05, 4.69) is 20.7 Å². The molecular weight excluding hydrogens is 242 g/mol. The van der Waals surface area contributed by atoms with Gasteiger partial charge >= 0.3 is 0 Å². The molecule has 1 unspecified atom stereocenters. The smallest absolute Gasteiger partial charge is 0.191 e. The molecule has 1 aromatic heterocycles. The minimum atomic E-state index is -0.581. The SMILES string of the molecule is COCC(O)CNc1cc(NN)nc(SC)n1. The van der Waals surface area contributed by atoms with Crippen molar-refractivity contribution in [1.29, 1.82) is 0 Å². The molecule has 0 fully saturated rings. The minimum absolute atomic E-state index is 0.273. The Morgan fingerprint density at radius 1 is 1.53 bits per heavy atom. The molecule has 1 rings (SSSR count). The summed E-state index contributed by atoms with van der Waals surface area (Å²) in [7, 11) is 1.54. The van der Waals surface area contributed by atoms with Crippen LogP contribution in [0.25, 0.3) is 0 Å². The first-order chi connectivity index (χ1) is 8.19. The van der Waals surface area contributed by atoms with Gasteiger partial charge in [-0.1, -0.05) is 11.8 Å². The number of hydrogen-bond acceptors (Lipinski definition) is 8. The van der Waals surface area contributed by atoms with Gasteiger partial charge in [0.05, 0.1) is 12.7 Å². The fourth-order valence-electron chi connectivity index (χ4n) is 1.15. The molecule has 1 heterocycles. The summed E-state index contributed by atoms with van der Waals surface area (Å²) in [5.41, 5.74) is 2.46. The summed E-state index contributed by atoms with van der Waals surface area (Å²) in [4.78, 5) is 8.35. The highest BCUT2D eigenvalue weighted by molar-refractivity contribution is 7.98. The van der Waals surface area contributed by atoms with Crippen molar-refractivity contribution in [2.24, 2.45) is 5.84 Å². The second kappa shape index (κ2) is 7.28. The predicted octanol–water partition coefficient (Wildman–Crippen LogP) is -0.0967. The highest BCUT2D eigenvalue weighted by Gasteiger charge is 2.06. The molecule has 8 heteroatoms. The van der Waals surface area contributed by atoms with Crippen LogP contribution in [0.5, 0.6) is 0 Å². The zero-order valence-electron chi connectivity index (χ0n) is 9.80. The number of nitrogens with two attached hydrogens (primary N) is 1. The van der Waals surface area contributed by atoms with E-state index in [1.807, 2.05) is 6.26 Å². The normalized spacial score (nSPS) is 12.2. The van der Waals surface area contributed by atoms with Gasteiger partial charge in [-0.3, -0.25) is 0 Å². The highest BCUT2D eigenvalue weighted by Crippen LogP contribution is 2.16. The number of methoxy groups -OCH3 is 1. The van der Waals surface area contributed by atoms with Crippen LogP contribution in [0, 0.1) is 0 Å². The van der Waals surface area contributed by atoms with Crippen molar-refractivity contribution in [1.82, 2.24) is 9.97 Å². The topological polar surface area (TPSA) is 105 Å². The third kappa shape index (κ3) is 4.73. The second-order valence-corrected chi connectivity index (χ2v) is 4.03. The molecule has 0 amide bonds. The average Bonchev–Trinajstić information content (AvgIpc) is 2.36. The first kappa shape index (κ1) is 14.0. The summed E-state index contributed by atoms with van der Waals surface area (Å²) in [6.45, 7) is 0.623. The Labute approximate surface area is 104 Å². The Morgan fingerprint density at radius 3 is 2.82 bits per heavy atom. The van der Waals surface area contributed by atoms with Crippen molar-refractivity contribution in [3.05, 3.63) is 6.07 Å². The van der Waals surface area contributed by atoms with Crippen molar-refractivity contribution in [2.75, 3.05) is 37.3 Å². The Bertz CT molecular complexity index is 330. The summed E-state index contributed by atoms with van der Waals surface area (Å²) >= 11 is 1.41. The van der Waals surface area contributed by atoms with E-state index in [9.17, 15) is 5.11 Å². The van der Waals surface area contributed by atoms with Crippen molar-refractivity contribution in [3.63, 3.8) is 0 Å². The largest absolute Gasteiger partial charge is 0.389 e. The third-order valence-electron chi connectivity index (χ3n) is 1.91. The molecule has 1 aromatic rings. The lowest BCUT2D eigenvalue weighted by Crippen LogP contribution is -2.24. The number of anilines is 2. The zero-order chi connectivity index (χ0) is 12.7. The van der Waals surface area contributed by atoms with Crippen LogP contribution < -0.4 is 16.6 Å². The van der Waals surface area contributed by atoms with Gasteiger partial charge in [0.2, 0.25) is 0 Å². The van der Waals surface area contributed by atoms with Crippen LogP contribution in [0.1, 0.15) is 0 Å². The van der Waals surface area contributed by atoms with Crippen LogP contribution in [0.15, 0.2) is 11.2 Å². The third-order valence-corrected chi connectivity index (χ3v) is 2.46. The molecule has 0 aliphatic rings. The molecule has 0 aromatic carbocycles. The van der Waals surface area contributed by atoms with Crippen molar-refractivity contribution >= 4 is 23.4 Å². The Kier molecular flexibility index (Phi) is 5.98. The molecule has 7 nitrogen and oxygen atoms in total. The van der Waals surface area contributed by atoms with Crippen LogP contribution in [-0.4, -0.2) is 47.7 Å². The number of hydrazine groups is 1. The average molecular weight is 259 g/mol. The lowest BCUT2D eigenvalue weighted by molar-refractivity contribution is 0.0727. The summed E-state index contributed by atoms with van der Waals surface area (Å²) in [6.07, 6.45) is 1.29. The second-order valence-electron chi connectivity index (χ2n) is 3.26. The Morgan fingerprint density at radius 2 is 2.24 bits per heavy atom. The first-order valence-corrected chi connectivity index (χ1v) is 6.22. The lowest BCUT2D eigenvalue weighted by Gasteiger charge is -2.12. The van der Waals surface area contributed by atoms with E-state index < -0.39 is 6.10 Å². The number of rotatable bonds is 7. The number of aliphatic hydroxyl groups is 1. The zero-order valence-corrected chi connectivity index (χ0v) is 10.6. The molecule has 0 saturated heterocycles. The maximum Gasteiger partial charge on any atom is 0.191 e. The molecule has 0 radical (unpaired) electrons. The van der Waals surface area contributed by atoms with Crippen molar-refractivity contribution in [3.8, 4) is 0 Å². The number of nitrogen functional groups attached to an aromatic ring is 1. The Hall–Kier alpha value is -1.09. The fourth-order valence-corrected chi connectivity index (χ4v) is 1.53. The van der Waals surface area contributed by atoms with Crippen LogP contribution in [0.4, 0.5) is 11.6 Å². The number of ether oxygens (including phenoxy) is 1. The maximum absolute atomic E-state index is 9.49. The molecule has 0 aliphatic carbocycles. The predicted molar refractivity (Wildman–Crippen MR) is 68.0 cm³/mol. The number of aromatic nitrogens is 2. The standard InChI is InChI=1S/C9H17N5O2S/c1-16-5-6(15)4-11-7-3-8(14-10)13-9(12-7)17-2/h3,6,15H,4-5,10H2,1-2H3,(H2,11,12,13,14). The van der Waals surface area contributed by atoms with Gasteiger partial charge in [0, 0.05) is 19.7 Å². The van der Waals surface area contributed by atoms with Crippen LogP contribution in [0.3, 0.4) is 0 Å². The van der Waals surface area contributed by atoms with Crippen LogP contribution >= 0.6 is 11.8 Å². The minimum Gasteiger partial charge on any atom is -0.389 e. The van der Waals surface area contributed by atoms with E-state index in [-0.39, 0.29) is 6.61 Å².